The van der Waals surface area contributed by atoms with E-state index in [9.17, 15) is 4.79 Å². The lowest BCUT2D eigenvalue weighted by molar-refractivity contribution is -0.137. The maximum atomic E-state index is 10.5. The predicted octanol–water partition coefficient (Wildman–Crippen LogP) is 3.14. The first-order valence-electron chi connectivity index (χ1n) is 10.1. The second kappa shape index (κ2) is 9.15. The summed E-state index contributed by atoms with van der Waals surface area (Å²) in [5, 5.41) is 12.3. The summed E-state index contributed by atoms with van der Waals surface area (Å²) in [6.07, 6.45) is 13.6. The second-order valence-electron chi connectivity index (χ2n) is 7.72. The molecule has 0 amide bonds. The predicted molar refractivity (Wildman–Crippen MR) is 96.6 cm³/mol. The van der Waals surface area contributed by atoms with Crippen molar-refractivity contribution < 1.29 is 19.4 Å². The molecule has 5 nitrogen and oxygen atoms in total. The Labute approximate surface area is 151 Å². The molecule has 5 heteroatoms. The molecule has 3 rings (SSSR count). The first-order chi connectivity index (χ1) is 12.2. The molecule has 0 aliphatic carbocycles. The Bertz CT molecular complexity index is 467. The van der Waals surface area contributed by atoms with Crippen LogP contribution in [0, 0.1) is 11.8 Å². The van der Waals surface area contributed by atoms with Gasteiger partial charge in [0.2, 0.25) is 0 Å². The first-order valence-corrected chi connectivity index (χ1v) is 10.1. The van der Waals surface area contributed by atoms with Crippen molar-refractivity contribution in [1.82, 2.24) is 5.32 Å². The van der Waals surface area contributed by atoms with Gasteiger partial charge in [0.15, 0.2) is 0 Å². The Kier molecular flexibility index (Phi) is 6.91. The molecule has 3 heterocycles. The van der Waals surface area contributed by atoms with Crippen molar-refractivity contribution in [2.24, 2.45) is 11.8 Å². The van der Waals surface area contributed by atoms with Gasteiger partial charge in [-0.1, -0.05) is 38.3 Å². The number of hydrogen-bond acceptors (Lipinski definition) is 4. The fourth-order valence-electron chi connectivity index (χ4n) is 4.44. The summed E-state index contributed by atoms with van der Waals surface area (Å²) in [4.78, 5) is 10.5. The summed E-state index contributed by atoms with van der Waals surface area (Å²) >= 11 is 0. The molecule has 0 spiro atoms. The van der Waals surface area contributed by atoms with Gasteiger partial charge >= 0.3 is 5.97 Å². The van der Waals surface area contributed by atoms with E-state index in [1.54, 1.807) is 0 Å². The summed E-state index contributed by atoms with van der Waals surface area (Å²) < 4.78 is 12.0. The minimum Gasteiger partial charge on any atom is -0.481 e. The number of aliphatic carboxylic acids is 1. The minimum atomic E-state index is -0.711. The molecule has 0 radical (unpaired) electrons. The van der Waals surface area contributed by atoms with Gasteiger partial charge in [-0.25, -0.2) is 0 Å². The van der Waals surface area contributed by atoms with E-state index in [-0.39, 0.29) is 18.6 Å². The van der Waals surface area contributed by atoms with Gasteiger partial charge in [0.1, 0.15) is 12.2 Å². The highest BCUT2D eigenvalue weighted by molar-refractivity contribution is 5.66. The van der Waals surface area contributed by atoms with Gasteiger partial charge in [-0.2, -0.15) is 0 Å². The molecule has 3 aliphatic heterocycles. The summed E-state index contributed by atoms with van der Waals surface area (Å²) in [5.74, 6) is 0.369. The molecule has 0 aromatic rings. The monoisotopic (exact) mass is 351 g/mol. The van der Waals surface area contributed by atoms with Gasteiger partial charge in [-0.3, -0.25) is 4.79 Å². The molecule has 142 valence electrons. The Hall–Kier alpha value is -0.910. The zero-order chi connectivity index (χ0) is 17.6. The van der Waals surface area contributed by atoms with Crippen molar-refractivity contribution in [2.45, 2.75) is 82.7 Å². The van der Waals surface area contributed by atoms with Crippen LogP contribution in [0.2, 0.25) is 0 Å². The van der Waals surface area contributed by atoms with Crippen LogP contribution < -0.4 is 5.32 Å². The van der Waals surface area contributed by atoms with Gasteiger partial charge < -0.3 is 19.9 Å². The van der Waals surface area contributed by atoms with Crippen LogP contribution in [0.4, 0.5) is 0 Å². The van der Waals surface area contributed by atoms with Crippen LogP contribution in [0.25, 0.3) is 0 Å². The smallest absolute Gasteiger partial charge is 0.303 e. The van der Waals surface area contributed by atoms with Crippen LogP contribution in [0.5, 0.6) is 0 Å². The van der Waals surface area contributed by atoms with Gasteiger partial charge in [-0.05, 0) is 38.1 Å². The summed E-state index contributed by atoms with van der Waals surface area (Å²) in [7, 11) is 0. The van der Waals surface area contributed by atoms with Gasteiger partial charge in [0, 0.05) is 18.9 Å². The number of unbranched alkanes of at least 4 members (excludes halogenated alkanes) is 4. The summed E-state index contributed by atoms with van der Waals surface area (Å²) in [6.45, 7) is 4.36. The zero-order valence-corrected chi connectivity index (χ0v) is 15.4. The molecular weight excluding hydrogens is 318 g/mol. The molecule has 0 unspecified atom stereocenters. The molecular formula is C20H33NO4. The molecule has 0 saturated carbocycles. The number of hydrogen-bond donors (Lipinski definition) is 2. The molecule has 0 aromatic heterocycles. The number of carboxylic acid groups (broad SMARTS) is 1. The largest absolute Gasteiger partial charge is 0.481 e. The summed E-state index contributed by atoms with van der Waals surface area (Å²) in [6, 6.07) is 0. The minimum absolute atomic E-state index is 0.254. The van der Waals surface area contributed by atoms with E-state index < -0.39 is 5.97 Å². The second-order valence-corrected chi connectivity index (χ2v) is 7.72. The van der Waals surface area contributed by atoms with Crippen LogP contribution in [0.15, 0.2) is 12.2 Å². The van der Waals surface area contributed by atoms with Crippen LogP contribution in [-0.4, -0.2) is 48.6 Å². The third-order valence-electron chi connectivity index (χ3n) is 5.84. The highest BCUT2D eigenvalue weighted by Crippen LogP contribution is 2.54. The average Bonchev–Trinajstić information content (AvgIpc) is 3.22. The van der Waals surface area contributed by atoms with E-state index >= 15 is 0 Å². The Morgan fingerprint density at radius 3 is 2.52 bits per heavy atom. The Balaban J connectivity index is 1.39. The van der Waals surface area contributed by atoms with Crippen LogP contribution >= 0.6 is 0 Å². The zero-order valence-electron chi connectivity index (χ0n) is 15.4. The molecule has 6 atom stereocenters. The van der Waals surface area contributed by atoms with Crippen molar-refractivity contribution in [3.05, 3.63) is 12.2 Å². The van der Waals surface area contributed by atoms with Crippen LogP contribution in [0.3, 0.4) is 0 Å². The first kappa shape index (κ1) is 18.9. The lowest BCUT2D eigenvalue weighted by atomic mass is 9.77. The van der Waals surface area contributed by atoms with E-state index in [4.69, 9.17) is 14.6 Å². The van der Waals surface area contributed by atoms with E-state index in [2.05, 4.69) is 24.4 Å². The topological polar surface area (TPSA) is 71.1 Å². The third-order valence-corrected chi connectivity index (χ3v) is 5.84. The van der Waals surface area contributed by atoms with Gasteiger partial charge in [0.25, 0.3) is 0 Å². The van der Waals surface area contributed by atoms with Crippen LogP contribution in [0.1, 0.15) is 58.3 Å². The van der Waals surface area contributed by atoms with E-state index in [1.807, 2.05) is 0 Å². The lowest BCUT2D eigenvalue weighted by Crippen LogP contribution is -2.39. The van der Waals surface area contributed by atoms with Gasteiger partial charge in [0.05, 0.1) is 12.2 Å². The van der Waals surface area contributed by atoms with Crippen molar-refractivity contribution in [3.8, 4) is 0 Å². The van der Waals surface area contributed by atoms with Crippen molar-refractivity contribution in [1.29, 1.82) is 0 Å². The number of carboxylic acids is 1. The molecule has 2 bridgehead atoms. The normalized spacial score (nSPS) is 35.4. The highest BCUT2D eigenvalue weighted by Gasteiger charge is 2.68. The van der Waals surface area contributed by atoms with Crippen LogP contribution in [-0.2, 0) is 14.3 Å². The number of rotatable bonds is 13. The SMILES string of the molecule is CCCCCCNC[C@@H]1[C@H](CC=CCCCC(=O)O)[C@H]2O[C@@H]1[C@H]1O[C@H]12. The number of epoxide rings is 1. The van der Waals surface area contributed by atoms with Crippen molar-refractivity contribution in [2.75, 3.05) is 13.1 Å². The fraction of sp³-hybridized carbons (Fsp3) is 0.850. The number of nitrogens with one attached hydrogen (secondary N) is 1. The molecule has 3 aliphatic rings. The number of allylic oxidation sites excluding steroid dienone is 2. The third kappa shape index (κ3) is 4.83. The molecule has 0 aromatic carbocycles. The lowest BCUT2D eigenvalue weighted by Gasteiger charge is -2.25. The Morgan fingerprint density at radius 2 is 1.76 bits per heavy atom. The standard InChI is InChI=1S/C20H33NO4/c1-2-3-4-9-12-21-13-15-14(10-7-5-6-8-11-16(22)23)17-19-20(25-19)18(15)24-17/h5,7,14-15,17-21H,2-4,6,8-13H2,1H3,(H,22,23)/t14-,15+,17+,18-,19-,20+/m0/s1. The van der Waals surface area contributed by atoms with Crippen molar-refractivity contribution >= 4 is 5.97 Å². The number of fused-ring (bicyclic) bond motifs is 5. The number of carbonyl (C=O) groups is 1. The average molecular weight is 351 g/mol. The van der Waals surface area contributed by atoms with Gasteiger partial charge in [-0.15, -0.1) is 0 Å². The van der Waals surface area contributed by atoms with Crippen molar-refractivity contribution in [3.63, 3.8) is 0 Å². The maximum absolute atomic E-state index is 10.5. The number of ether oxygens (including phenoxy) is 2. The fourth-order valence-corrected chi connectivity index (χ4v) is 4.44. The molecule has 2 N–H and O–H groups in total. The Morgan fingerprint density at radius 1 is 1.00 bits per heavy atom. The maximum Gasteiger partial charge on any atom is 0.303 e. The van der Waals surface area contributed by atoms with E-state index in [0.29, 0.717) is 24.0 Å². The quantitative estimate of drug-likeness (QED) is 0.303. The highest BCUT2D eigenvalue weighted by atomic mass is 16.7. The molecule has 25 heavy (non-hydrogen) atoms. The molecule has 3 saturated heterocycles. The molecule has 3 fully saturated rings. The van der Waals surface area contributed by atoms with E-state index in [1.165, 1.54) is 25.7 Å². The van der Waals surface area contributed by atoms with E-state index in [0.717, 1.165) is 32.4 Å². The summed E-state index contributed by atoms with van der Waals surface area (Å²) in [5.41, 5.74) is 0.